The van der Waals surface area contributed by atoms with Crippen LogP contribution in [0.3, 0.4) is 0 Å². The van der Waals surface area contributed by atoms with E-state index in [2.05, 4.69) is 10.2 Å². The SMILES string of the molecule is Cc1n[nH]c(C)c1C(O)=C1C(=O)C(=O)N(CCN(C)C)[C@H]1c1cccc(F)c1. The summed E-state index contributed by atoms with van der Waals surface area (Å²) in [6.45, 7) is 4.19. The number of carbonyl (C=O) groups excluding carboxylic acids is 2. The number of nitrogens with zero attached hydrogens (tertiary/aromatic N) is 3. The van der Waals surface area contributed by atoms with Gasteiger partial charge in [0.15, 0.2) is 0 Å². The zero-order valence-corrected chi connectivity index (χ0v) is 16.3. The Bertz CT molecular complexity index is 945. The van der Waals surface area contributed by atoms with Gasteiger partial charge in [0.25, 0.3) is 11.7 Å². The fourth-order valence-corrected chi connectivity index (χ4v) is 3.48. The van der Waals surface area contributed by atoms with Gasteiger partial charge in [-0.1, -0.05) is 12.1 Å². The average molecular weight is 386 g/mol. The third kappa shape index (κ3) is 3.43. The predicted molar refractivity (Wildman–Crippen MR) is 102 cm³/mol. The number of carbonyl (C=O) groups is 2. The molecule has 0 unspecified atom stereocenters. The van der Waals surface area contributed by atoms with Crippen LogP contribution in [0.2, 0.25) is 0 Å². The van der Waals surface area contributed by atoms with E-state index in [9.17, 15) is 19.1 Å². The van der Waals surface area contributed by atoms with Crippen LogP contribution in [0.25, 0.3) is 5.76 Å². The largest absolute Gasteiger partial charge is 0.507 e. The molecule has 3 rings (SSSR count). The van der Waals surface area contributed by atoms with Crippen LogP contribution in [0.5, 0.6) is 0 Å². The lowest BCUT2D eigenvalue weighted by molar-refractivity contribution is -0.140. The number of H-pyrrole nitrogens is 1. The summed E-state index contributed by atoms with van der Waals surface area (Å²) in [4.78, 5) is 28.8. The Balaban J connectivity index is 2.20. The predicted octanol–water partition coefficient (Wildman–Crippen LogP) is 2.15. The standard InChI is InChI=1S/C20H23FN4O3/c1-11-15(12(2)23-22-11)18(26)16-17(13-6-5-7-14(21)10-13)25(9-8-24(3)4)20(28)19(16)27/h5-7,10,17,26H,8-9H2,1-4H3,(H,22,23)/t17-/m0/s1. The van der Waals surface area contributed by atoms with Gasteiger partial charge in [0, 0.05) is 18.8 Å². The Morgan fingerprint density at radius 2 is 2.04 bits per heavy atom. The maximum atomic E-state index is 13.9. The first-order chi connectivity index (χ1) is 13.2. The molecule has 0 spiro atoms. The topological polar surface area (TPSA) is 89.5 Å². The van der Waals surface area contributed by atoms with Crippen molar-refractivity contribution in [2.45, 2.75) is 19.9 Å². The summed E-state index contributed by atoms with van der Waals surface area (Å²) in [5.41, 5.74) is 1.84. The third-order valence-electron chi connectivity index (χ3n) is 4.86. The molecule has 0 saturated carbocycles. The lowest BCUT2D eigenvalue weighted by Gasteiger charge is -2.26. The summed E-state index contributed by atoms with van der Waals surface area (Å²) >= 11 is 0. The van der Waals surface area contributed by atoms with Gasteiger partial charge in [0.2, 0.25) is 0 Å². The number of benzene rings is 1. The average Bonchev–Trinajstić information content (AvgIpc) is 3.09. The first-order valence-electron chi connectivity index (χ1n) is 8.93. The molecule has 2 aromatic rings. The minimum absolute atomic E-state index is 0.0537. The number of aliphatic hydroxyl groups excluding tert-OH is 1. The summed E-state index contributed by atoms with van der Waals surface area (Å²) < 4.78 is 13.9. The van der Waals surface area contributed by atoms with Crippen LogP contribution in [0.15, 0.2) is 29.8 Å². The van der Waals surface area contributed by atoms with Crippen molar-refractivity contribution >= 4 is 17.4 Å². The van der Waals surface area contributed by atoms with Crippen LogP contribution >= 0.6 is 0 Å². The molecule has 0 aliphatic carbocycles. The number of rotatable bonds is 5. The van der Waals surface area contributed by atoms with Crippen molar-refractivity contribution < 1.29 is 19.1 Å². The molecule has 1 saturated heterocycles. The number of likely N-dealkylation sites (N-methyl/N-ethyl adjacent to an activating group) is 1. The molecule has 1 aliphatic heterocycles. The fourth-order valence-electron chi connectivity index (χ4n) is 3.48. The monoisotopic (exact) mass is 386 g/mol. The van der Waals surface area contributed by atoms with Crippen LogP contribution < -0.4 is 0 Å². The minimum Gasteiger partial charge on any atom is -0.507 e. The van der Waals surface area contributed by atoms with Crippen LogP contribution in [-0.2, 0) is 9.59 Å². The van der Waals surface area contributed by atoms with Crippen LogP contribution in [0.1, 0.15) is 28.6 Å². The molecule has 1 aromatic carbocycles. The molecule has 8 heteroatoms. The van der Waals surface area contributed by atoms with Crippen molar-refractivity contribution in [3.63, 3.8) is 0 Å². The Hall–Kier alpha value is -3.00. The Labute approximate surface area is 162 Å². The van der Waals surface area contributed by atoms with Crippen molar-refractivity contribution in [1.82, 2.24) is 20.0 Å². The number of aromatic nitrogens is 2. The lowest BCUT2D eigenvalue weighted by atomic mass is 9.94. The molecule has 1 fully saturated rings. The van der Waals surface area contributed by atoms with Crippen LogP contribution in [0, 0.1) is 19.7 Å². The van der Waals surface area contributed by atoms with Crippen molar-refractivity contribution in [1.29, 1.82) is 0 Å². The number of halogens is 1. The maximum Gasteiger partial charge on any atom is 0.295 e. The van der Waals surface area contributed by atoms with E-state index < -0.39 is 23.5 Å². The van der Waals surface area contributed by atoms with Gasteiger partial charge < -0.3 is 14.9 Å². The summed E-state index contributed by atoms with van der Waals surface area (Å²) in [5.74, 6) is -2.28. The normalized spacial score (nSPS) is 19.1. The third-order valence-corrected chi connectivity index (χ3v) is 4.86. The fraction of sp³-hybridized carbons (Fsp3) is 0.350. The zero-order chi connectivity index (χ0) is 20.6. The number of amides is 1. The molecule has 1 aromatic heterocycles. The number of aromatic amines is 1. The number of aliphatic hydroxyl groups is 1. The van der Waals surface area contributed by atoms with Gasteiger partial charge >= 0.3 is 0 Å². The van der Waals surface area contributed by atoms with Crippen molar-refractivity contribution in [2.24, 2.45) is 0 Å². The Morgan fingerprint density at radius 3 is 2.61 bits per heavy atom. The van der Waals surface area contributed by atoms with E-state index >= 15 is 0 Å². The van der Waals surface area contributed by atoms with E-state index in [-0.39, 0.29) is 17.9 Å². The molecule has 0 bridgehead atoms. The number of hydrogen-bond acceptors (Lipinski definition) is 5. The Kier molecular flexibility index (Phi) is 5.33. The first kappa shape index (κ1) is 19.8. The highest BCUT2D eigenvalue weighted by Crippen LogP contribution is 2.40. The van der Waals surface area contributed by atoms with E-state index in [1.807, 2.05) is 19.0 Å². The summed E-state index contributed by atoms with van der Waals surface area (Å²) in [7, 11) is 3.71. The number of aryl methyl sites for hydroxylation is 2. The van der Waals surface area contributed by atoms with Crippen molar-refractivity contribution in [2.75, 3.05) is 27.2 Å². The molecule has 148 valence electrons. The van der Waals surface area contributed by atoms with Crippen molar-refractivity contribution in [3.05, 3.63) is 58.2 Å². The van der Waals surface area contributed by atoms with E-state index in [1.165, 1.54) is 23.1 Å². The number of Topliss-reactive ketones (excluding diaryl/α,β-unsaturated/α-hetero) is 1. The molecule has 7 nitrogen and oxygen atoms in total. The highest BCUT2D eigenvalue weighted by atomic mass is 19.1. The highest BCUT2D eigenvalue weighted by Gasteiger charge is 2.46. The van der Waals surface area contributed by atoms with Gasteiger partial charge in [-0.3, -0.25) is 14.7 Å². The van der Waals surface area contributed by atoms with Gasteiger partial charge in [-0.15, -0.1) is 0 Å². The molecule has 0 radical (unpaired) electrons. The molecular formula is C20H23FN4O3. The van der Waals surface area contributed by atoms with E-state index in [4.69, 9.17) is 0 Å². The zero-order valence-electron chi connectivity index (χ0n) is 16.3. The molecule has 28 heavy (non-hydrogen) atoms. The van der Waals surface area contributed by atoms with Gasteiger partial charge in [0.1, 0.15) is 11.6 Å². The smallest absolute Gasteiger partial charge is 0.295 e. The second-order valence-corrected chi connectivity index (χ2v) is 7.16. The van der Waals surface area contributed by atoms with Crippen LogP contribution in [0.4, 0.5) is 4.39 Å². The quantitative estimate of drug-likeness (QED) is 0.467. The first-order valence-corrected chi connectivity index (χ1v) is 8.93. The Morgan fingerprint density at radius 1 is 1.32 bits per heavy atom. The van der Waals surface area contributed by atoms with E-state index in [0.717, 1.165) is 0 Å². The molecule has 2 heterocycles. The van der Waals surface area contributed by atoms with E-state index in [0.29, 0.717) is 29.1 Å². The van der Waals surface area contributed by atoms with Crippen LogP contribution in [-0.4, -0.2) is 64.0 Å². The summed E-state index contributed by atoms with van der Waals surface area (Å²) in [5, 5.41) is 17.8. The molecular weight excluding hydrogens is 363 g/mol. The number of hydrogen-bond donors (Lipinski definition) is 2. The molecule has 1 atom stereocenters. The summed E-state index contributed by atoms with van der Waals surface area (Å²) in [6, 6.07) is 4.86. The lowest BCUT2D eigenvalue weighted by Crippen LogP contribution is -2.35. The maximum absolute atomic E-state index is 13.9. The van der Waals surface area contributed by atoms with Gasteiger partial charge in [-0.2, -0.15) is 5.10 Å². The number of ketones is 1. The molecule has 2 N–H and O–H groups in total. The van der Waals surface area contributed by atoms with Gasteiger partial charge in [0.05, 0.1) is 22.9 Å². The molecule has 1 aliphatic rings. The second-order valence-electron chi connectivity index (χ2n) is 7.16. The number of nitrogens with one attached hydrogen (secondary N) is 1. The number of likely N-dealkylation sites (tertiary alicyclic amines) is 1. The second kappa shape index (κ2) is 7.55. The van der Waals surface area contributed by atoms with Crippen molar-refractivity contribution in [3.8, 4) is 0 Å². The van der Waals surface area contributed by atoms with E-state index in [1.54, 1.807) is 19.9 Å². The van der Waals surface area contributed by atoms with Gasteiger partial charge in [-0.25, -0.2) is 4.39 Å². The highest BCUT2D eigenvalue weighted by molar-refractivity contribution is 6.46. The minimum atomic E-state index is -0.871. The summed E-state index contributed by atoms with van der Waals surface area (Å²) in [6.07, 6.45) is 0. The molecule has 1 amide bonds. The van der Waals surface area contributed by atoms with Gasteiger partial charge in [-0.05, 0) is 45.6 Å².